The minimum absolute atomic E-state index is 0.0344. The monoisotopic (exact) mass is 263 g/mol. The van der Waals surface area contributed by atoms with Gasteiger partial charge in [0.25, 0.3) is 0 Å². The van der Waals surface area contributed by atoms with E-state index in [4.69, 9.17) is 9.84 Å². The molecule has 0 spiro atoms. The SMILES string of the molecule is O=C(O)CCc1cccc(NC(=O)C2CCOC2)c1. The van der Waals surface area contributed by atoms with Crippen molar-refractivity contribution in [1.82, 2.24) is 0 Å². The molecule has 2 N–H and O–H groups in total. The Hall–Kier alpha value is -1.88. The number of aliphatic carboxylic acids is 1. The number of carboxylic acid groups (broad SMARTS) is 1. The van der Waals surface area contributed by atoms with Gasteiger partial charge in [-0.2, -0.15) is 0 Å². The molecule has 1 aromatic carbocycles. The van der Waals surface area contributed by atoms with Crippen LogP contribution in [0.25, 0.3) is 0 Å². The van der Waals surface area contributed by atoms with Crippen LogP contribution in [0.1, 0.15) is 18.4 Å². The molecule has 19 heavy (non-hydrogen) atoms. The van der Waals surface area contributed by atoms with E-state index in [0.717, 1.165) is 12.0 Å². The number of ether oxygens (including phenoxy) is 1. The van der Waals surface area contributed by atoms with Gasteiger partial charge < -0.3 is 15.2 Å². The van der Waals surface area contributed by atoms with Crippen LogP contribution in [0.2, 0.25) is 0 Å². The number of anilines is 1. The number of hydrogen-bond donors (Lipinski definition) is 2. The summed E-state index contributed by atoms with van der Waals surface area (Å²) in [5.74, 6) is -0.937. The Morgan fingerprint density at radius 1 is 1.42 bits per heavy atom. The van der Waals surface area contributed by atoms with Crippen LogP contribution in [0.3, 0.4) is 0 Å². The maximum atomic E-state index is 11.9. The molecule has 5 heteroatoms. The van der Waals surface area contributed by atoms with Gasteiger partial charge in [-0.1, -0.05) is 12.1 Å². The van der Waals surface area contributed by atoms with Crippen molar-refractivity contribution in [3.05, 3.63) is 29.8 Å². The number of carboxylic acids is 1. The zero-order chi connectivity index (χ0) is 13.7. The van der Waals surface area contributed by atoms with Gasteiger partial charge in [0, 0.05) is 18.7 Å². The van der Waals surface area contributed by atoms with Crippen LogP contribution in [0.4, 0.5) is 5.69 Å². The normalized spacial score (nSPS) is 18.2. The number of aryl methyl sites for hydroxylation is 1. The molecule has 1 saturated heterocycles. The van der Waals surface area contributed by atoms with Gasteiger partial charge >= 0.3 is 5.97 Å². The Bertz CT molecular complexity index is 466. The highest BCUT2D eigenvalue weighted by atomic mass is 16.5. The molecule has 1 aromatic rings. The lowest BCUT2D eigenvalue weighted by Crippen LogP contribution is -2.22. The smallest absolute Gasteiger partial charge is 0.303 e. The Morgan fingerprint density at radius 3 is 2.95 bits per heavy atom. The number of carbonyl (C=O) groups excluding carboxylic acids is 1. The quantitative estimate of drug-likeness (QED) is 0.847. The van der Waals surface area contributed by atoms with Crippen LogP contribution >= 0.6 is 0 Å². The minimum atomic E-state index is -0.822. The van der Waals surface area contributed by atoms with E-state index in [1.54, 1.807) is 6.07 Å². The first-order valence-electron chi connectivity index (χ1n) is 6.34. The predicted octanol–water partition coefficient (Wildman–Crippen LogP) is 1.68. The number of carbonyl (C=O) groups is 2. The molecule has 2 rings (SSSR count). The first-order chi connectivity index (χ1) is 9.15. The summed E-state index contributed by atoms with van der Waals surface area (Å²) in [6.07, 6.45) is 1.31. The second-order valence-electron chi connectivity index (χ2n) is 4.64. The van der Waals surface area contributed by atoms with Gasteiger partial charge in [-0.05, 0) is 30.5 Å². The lowest BCUT2D eigenvalue weighted by atomic mass is 10.1. The van der Waals surface area contributed by atoms with Crippen molar-refractivity contribution in [1.29, 1.82) is 0 Å². The van der Waals surface area contributed by atoms with E-state index in [9.17, 15) is 9.59 Å². The summed E-state index contributed by atoms with van der Waals surface area (Å²) >= 11 is 0. The predicted molar refractivity (Wildman–Crippen MR) is 70.0 cm³/mol. The topological polar surface area (TPSA) is 75.6 Å². The summed E-state index contributed by atoms with van der Waals surface area (Å²) < 4.78 is 5.18. The largest absolute Gasteiger partial charge is 0.481 e. The average Bonchev–Trinajstić information content (AvgIpc) is 2.91. The summed E-state index contributed by atoms with van der Waals surface area (Å²) in [4.78, 5) is 22.4. The highest BCUT2D eigenvalue weighted by Gasteiger charge is 2.23. The second kappa shape index (κ2) is 6.33. The third-order valence-electron chi connectivity index (χ3n) is 3.12. The number of rotatable bonds is 5. The second-order valence-corrected chi connectivity index (χ2v) is 4.64. The van der Waals surface area contributed by atoms with E-state index in [1.807, 2.05) is 18.2 Å². The van der Waals surface area contributed by atoms with E-state index in [-0.39, 0.29) is 18.2 Å². The van der Waals surface area contributed by atoms with E-state index in [1.165, 1.54) is 0 Å². The fraction of sp³-hybridized carbons (Fsp3) is 0.429. The fourth-order valence-electron chi connectivity index (χ4n) is 2.04. The van der Waals surface area contributed by atoms with Crippen molar-refractivity contribution in [2.24, 2.45) is 5.92 Å². The van der Waals surface area contributed by atoms with Gasteiger partial charge in [0.15, 0.2) is 0 Å². The zero-order valence-corrected chi connectivity index (χ0v) is 10.6. The lowest BCUT2D eigenvalue weighted by Gasteiger charge is -2.10. The van der Waals surface area contributed by atoms with E-state index >= 15 is 0 Å². The van der Waals surface area contributed by atoms with Crippen molar-refractivity contribution in [3.63, 3.8) is 0 Å². The van der Waals surface area contributed by atoms with Crippen LogP contribution in [0, 0.1) is 5.92 Å². The van der Waals surface area contributed by atoms with Gasteiger partial charge in [0.05, 0.1) is 12.5 Å². The van der Waals surface area contributed by atoms with Crippen molar-refractivity contribution in [2.45, 2.75) is 19.3 Å². The molecule has 0 radical (unpaired) electrons. The van der Waals surface area contributed by atoms with Gasteiger partial charge in [-0.25, -0.2) is 0 Å². The Labute approximate surface area is 111 Å². The van der Waals surface area contributed by atoms with Crippen molar-refractivity contribution in [3.8, 4) is 0 Å². The highest BCUT2D eigenvalue weighted by Crippen LogP contribution is 2.17. The van der Waals surface area contributed by atoms with E-state index in [0.29, 0.717) is 25.3 Å². The molecule has 1 atom stereocenters. The first-order valence-corrected chi connectivity index (χ1v) is 6.34. The van der Waals surface area contributed by atoms with Crippen molar-refractivity contribution >= 4 is 17.6 Å². The van der Waals surface area contributed by atoms with Crippen LogP contribution in [0.15, 0.2) is 24.3 Å². The maximum Gasteiger partial charge on any atom is 0.303 e. The van der Waals surface area contributed by atoms with Crippen LogP contribution < -0.4 is 5.32 Å². The molecule has 1 fully saturated rings. The minimum Gasteiger partial charge on any atom is -0.481 e. The molecule has 1 aliphatic heterocycles. The average molecular weight is 263 g/mol. The molecular formula is C14H17NO4. The first kappa shape index (κ1) is 13.5. The van der Waals surface area contributed by atoms with Crippen LogP contribution in [0.5, 0.6) is 0 Å². The number of benzene rings is 1. The van der Waals surface area contributed by atoms with Gasteiger partial charge in [-0.3, -0.25) is 9.59 Å². The Morgan fingerprint density at radius 2 is 2.26 bits per heavy atom. The molecule has 0 bridgehead atoms. The standard InChI is InChI=1S/C14H17NO4/c16-13(17)5-4-10-2-1-3-12(8-10)15-14(18)11-6-7-19-9-11/h1-3,8,11H,4-7,9H2,(H,15,18)(H,16,17). The fourth-order valence-corrected chi connectivity index (χ4v) is 2.04. The molecule has 1 heterocycles. The molecular weight excluding hydrogens is 246 g/mol. The van der Waals surface area contributed by atoms with Gasteiger partial charge in [0.2, 0.25) is 5.91 Å². The number of hydrogen-bond acceptors (Lipinski definition) is 3. The number of nitrogens with one attached hydrogen (secondary N) is 1. The lowest BCUT2D eigenvalue weighted by molar-refractivity contribution is -0.137. The number of amides is 1. The van der Waals surface area contributed by atoms with E-state index < -0.39 is 5.97 Å². The molecule has 0 aromatic heterocycles. The molecule has 1 aliphatic rings. The summed E-state index contributed by atoms with van der Waals surface area (Å²) in [5, 5.41) is 11.5. The zero-order valence-electron chi connectivity index (χ0n) is 10.6. The van der Waals surface area contributed by atoms with Crippen molar-refractivity contribution in [2.75, 3.05) is 18.5 Å². The molecule has 0 saturated carbocycles. The third kappa shape index (κ3) is 4.06. The molecule has 1 unspecified atom stereocenters. The van der Waals surface area contributed by atoms with E-state index in [2.05, 4.69) is 5.32 Å². The Balaban J connectivity index is 1.94. The summed E-state index contributed by atoms with van der Waals surface area (Å²) in [5.41, 5.74) is 1.61. The molecule has 5 nitrogen and oxygen atoms in total. The van der Waals surface area contributed by atoms with Gasteiger partial charge in [-0.15, -0.1) is 0 Å². The Kier molecular flexibility index (Phi) is 4.52. The third-order valence-corrected chi connectivity index (χ3v) is 3.12. The van der Waals surface area contributed by atoms with Crippen molar-refractivity contribution < 1.29 is 19.4 Å². The molecule has 0 aliphatic carbocycles. The summed E-state index contributed by atoms with van der Waals surface area (Å²) in [7, 11) is 0. The summed E-state index contributed by atoms with van der Waals surface area (Å²) in [6.45, 7) is 1.11. The molecule has 102 valence electrons. The van der Waals surface area contributed by atoms with Gasteiger partial charge in [0.1, 0.15) is 0 Å². The summed E-state index contributed by atoms with van der Waals surface area (Å²) in [6, 6.07) is 7.30. The highest BCUT2D eigenvalue weighted by molar-refractivity contribution is 5.92. The van der Waals surface area contributed by atoms with Crippen LogP contribution in [-0.2, 0) is 20.7 Å². The maximum absolute atomic E-state index is 11.9. The van der Waals surface area contributed by atoms with Crippen LogP contribution in [-0.4, -0.2) is 30.2 Å². The molecule has 1 amide bonds.